The van der Waals surface area contributed by atoms with Gasteiger partial charge in [0.1, 0.15) is 0 Å². The maximum absolute atomic E-state index is 12.8. The second kappa shape index (κ2) is 6.52. The van der Waals surface area contributed by atoms with E-state index in [9.17, 15) is 9.59 Å². The van der Waals surface area contributed by atoms with Crippen molar-refractivity contribution in [3.8, 4) is 0 Å². The molecule has 3 aliphatic heterocycles. The summed E-state index contributed by atoms with van der Waals surface area (Å²) in [5, 5.41) is 5.78. The minimum absolute atomic E-state index is 0.0279. The van der Waals surface area contributed by atoms with Gasteiger partial charge in [-0.3, -0.25) is 14.5 Å². The third kappa shape index (κ3) is 3.27. The molecule has 10 heteroatoms. The van der Waals surface area contributed by atoms with Gasteiger partial charge in [0.25, 0.3) is 0 Å². The van der Waals surface area contributed by atoms with Gasteiger partial charge in [-0.2, -0.15) is 4.98 Å². The first-order valence-electron chi connectivity index (χ1n) is 8.12. The van der Waals surface area contributed by atoms with E-state index >= 15 is 0 Å². The van der Waals surface area contributed by atoms with Crippen LogP contribution in [0.25, 0.3) is 0 Å². The topological polar surface area (TPSA) is 118 Å². The molecular weight excluding hydrogens is 344 g/mol. The highest BCUT2D eigenvalue weighted by Crippen LogP contribution is 2.30. The molecule has 2 atom stereocenters. The molecule has 3 fully saturated rings. The molecule has 9 nitrogen and oxygen atoms in total. The summed E-state index contributed by atoms with van der Waals surface area (Å²) in [5.74, 6) is -0.348. The predicted molar refractivity (Wildman–Crippen MR) is 87.3 cm³/mol. The fraction of sp³-hybridized carbons (Fsp3) is 0.533. The molecule has 2 aromatic heterocycles. The van der Waals surface area contributed by atoms with Gasteiger partial charge < -0.3 is 15.2 Å². The fourth-order valence-corrected chi connectivity index (χ4v) is 4.12. The molecule has 3 saturated heterocycles. The molecule has 2 bridgehead atoms. The first-order chi connectivity index (χ1) is 12.1. The largest absolute Gasteiger partial charge is 0.361 e. The number of amides is 2. The molecule has 0 aliphatic carbocycles. The minimum Gasteiger partial charge on any atom is -0.361 e. The van der Waals surface area contributed by atoms with Crippen molar-refractivity contribution in [3.63, 3.8) is 0 Å². The lowest BCUT2D eigenvalue weighted by Crippen LogP contribution is -2.47. The standard InChI is InChI=1S/C15H18N6O3S/c16-13(22)14-18-12(19-24-14)6-20-3-9-1-2-11(5-20)21(15(9)23)4-10-7-25-8-17-10/h7-9,11H,1-6H2,(H2,16,22)/t9-,11+/m0/s1. The van der Waals surface area contributed by atoms with Crippen molar-refractivity contribution >= 4 is 23.2 Å². The second-order valence-electron chi connectivity index (χ2n) is 6.45. The van der Waals surface area contributed by atoms with E-state index in [-0.39, 0.29) is 23.8 Å². The van der Waals surface area contributed by atoms with E-state index in [4.69, 9.17) is 10.3 Å². The summed E-state index contributed by atoms with van der Waals surface area (Å²) in [5.41, 5.74) is 7.85. The monoisotopic (exact) mass is 362 g/mol. The Labute approximate surface area is 147 Å². The number of nitrogens with two attached hydrogens (primary N) is 1. The molecular formula is C15H18N6O3S. The van der Waals surface area contributed by atoms with Crippen LogP contribution in [-0.2, 0) is 17.9 Å². The van der Waals surface area contributed by atoms with Crippen molar-refractivity contribution in [2.45, 2.75) is 32.0 Å². The van der Waals surface area contributed by atoms with Gasteiger partial charge in [-0.1, -0.05) is 5.16 Å². The van der Waals surface area contributed by atoms with Gasteiger partial charge in [0, 0.05) is 24.5 Å². The molecule has 0 radical (unpaired) electrons. The minimum atomic E-state index is -0.737. The molecule has 5 rings (SSSR count). The summed E-state index contributed by atoms with van der Waals surface area (Å²) in [7, 11) is 0. The summed E-state index contributed by atoms with van der Waals surface area (Å²) in [6.07, 6.45) is 1.88. The average Bonchev–Trinajstić information content (AvgIpc) is 3.19. The third-order valence-corrected chi connectivity index (χ3v) is 5.36. The van der Waals surface area contributed by atoms with Crippen molar-refractivity contribution in [2.75, 3.05) is 13.1 Å². The molecule has 3 aliphatic rings. The van der Waals surface area contributed by atoms with Crippen molar-refractivity contribution in [2.24, 2.45) is 11.7 Å². The number of nitrogens with zero attached hydrogens (tertiary/aromatic N) is 5. The molecule has 2 N–H and O–H groups in total. The van der Waals surface area contributed by atoms with Crippen LogP contribution in [0, 0.1) is 5.92 Å². The molecule has 132 valence electrons. The zero-order valence-electron chi connectivity index (χ0n) is 13.5. The number of primary amides is 1. The second-order valence-corrected chi connectivity index (χ2v) is 7.17. The Morgan fingerprint density at radius 3 is 2.96 bits per heavy atom. The van der Waals surface area contributed by atoms with Crippen molar-refractivity contribution in [3.05, 3.63) is 28.3 Å². The number of rotatable bonds is 5. The van der Waals surface area contributed by atoms with Gasteiger partial charge >= 0.3 is 11.8 Å². The highest BCUT2D eigenvalue weighted by atomic mass is 32.1. The van der Waals surface area contributed by atoms with Gasteiger partial charge in [-0.05, 0) is 12.8 Å². The molecule has 5 heterocycles. The lowest BCUT2D eigenvalue weighted by molar-refractivity contribution is -0.140. The number of carbonyl (C=O) groups is 2. The smallest absolute Gasteiger partial charge is 0.315 e. The predicted octanol–water partition coefficient (Wildman–Crippen LogP) is 0.248. The Morgan fingerprint density at radius 2 is 2.24 bits per heavy atom. The van der Waals surface area contributed by atoms with Gasteiger partial charge in [-0.25, -0.2) is 4.98 Å². The van der Waals surface area contributed by atoms with Crippen molar-refractivity contribution < 1.29 is 14.1 Å². The number of hydrogen-bond donors (Lipinski definition) is 1. The molecule has 2 amide bonds. The van der Waals surface area contributed by atoms with E-state index in [1.807, 2.05) is 10.3 Å². The molecule has 0 spiro atoms. The van der Waals surface area contributed by atoms with Crippen LogP contribution in [0.4, 0.5) is 0 Å². The van der Waals surface area contributed by atoms with E-state index in [2.05, 4.69) is 20.0 Å². The molecule has 25 heavy (non-hydrogen) atoms. The lowest BCUT2D eigenvalue weighted by atomic mass is 9.94. The zero-order valence-corrected chi connectivity index (χ0v) is 14.3. The molecule has 0 unspecified atom stereocenters. The lowest BCUT2D eigenvalue weighted by Gasteiger charge is -2.35. The van der Waals surface area contributed by atoms with Crippen molar-refractivity contribution in [1.82, 2.24) is 24.9 Å². The zero-order chi connectivity index (χ0) is 17.4. The first-order valence-corrected chi connectivity index (χ1v) is 9.06. The van der Waals surface area contributed by atoms with Crippen LogP contribution in [0.15, 0.2) is 15.4 Å². The summed E-state index contributed by atoms with van der Waals surface area (Å²) >= 11 is 1.54. The Bertz CT molecular complexity index is 776. The number of carbonyl (C=O) groups excluding carboxylic acids is 2. The highest BCUT2D eigenvalue weighted by molar-refractivity contribution is 7.07. The Morgan fingerprint density at radius 1 is 1.36 bits per heavy atom. The Balaban J connectivity index is 1.48. The van der Waals surface area contributed by atoms with E-state index < -0.39 is 5.91 Å². The number of piperidine rings is 1. The number of fused-ring (bicyclic) bond motifs is 4. The van der Waals surface area contributed by atoms with E-state index in [1.54, 1.807) is 5.51 Å². The summed E-state index contributed by atoms with van der Waals surface area (Å²) in [4.78, 5) is 36.3. The van der Waals surface area contributed by atoms with Gasteiger partial charge in [0.15, 0.2) is 5.82 Å². The SMILES string of the molecule is NC(=O)c1nc(CN2C[C@@H]3CC[C@H](C2)N(Cc2cscn2)C3=O)no1. The van der Waals surface area contributed by atoms with E-state index in [1.165, 1.54) is 11.3 Å². The number of thiazole rings is 1. The van der Waals surface area contributed by atoms with Crippen molar-refractivity contribution in [1.29, 1.82) is 0 Å². The van der Waals surface area contributed by atoms with Crippen LogP contribution in [0.3, 0.4) is 0 Å². The molecule has 0 saturated carbocycles. The van der Waals surface area contributed by atoms with E-state index in [0.717, 1.165) is 25.1 Å². The summed E-state index contributed by atoms with van der Waals surface area (Å²) in [6.45, 7) is 2.39. The average molecular weight is 362 g/mol. The van der Waals surface area contributed by atoms with Gasteiger partial charge in [0.05, 0.1) is 30.2 Å². The number of hydrogen-bond acceptors (Lipinski definition) is 8. The summed E-state index contributed by atoms with van der Waals surface area (Å²) < 4.78 is 4.83. The van der Waals surface area contributed by atoms with Crippen LogP contribution in [0.1, 0.15) is 35.0 Å². The quantitative estimate of drug-likeness (QED) is 0.809. The van der Waals surface area contributed by atoms with Crippen LogP contribution in [0.5, 0.6) is 0 Å². The van der Waals surface area contributed by atoms with Crippen LogP contribution < -0.4 is 5.73 Å². The fourth-order valence-electron chi connectivity index (χ4n) is 3.58. The van der Waals surface area contributed by atoms with Gasteiger partial charge in [0.2, 0.25) is 5.91 Å². The summed E-state index contributed by atoms with van der Waals surface area (Å²) in [6, 6.07) is 0.149. The van der Waals surface area contributed by atoms with E-state index in [0.29, 0.717) is 25.5 Å². The maximum Gasteiger partial charge on any atom is 0.315 e. The van der Waals surface area contributed by atoms with Crippen LogP contribution in [0.2, 0.25) is 0 Å². The highest BCUT2D eigenvalue weighted by Gasteiger charge is 2.41. The molecule has 0 aromatic carbocycles. The Hall–Kier alpha value is -2.33. The first kappa shape index (κ1) is 16.2. The third-order valence-electron chi connectivity index (χ3n) is 4.73. The van der Waals surface area contributed by atoms with Gasteiger partial charge in [-0.15, -0.1) is 11.3 Å². The number of aromatic nitrogens is 3. The normalized spacial score (nSPS) is 23.8. The maximum atomic E-state index is 12.8. The van der Waals surface area contributed by atoms with Crippen LogP contribution in [-0.4, -0.2) is 55.9 Å². The molecule has 2 aromatic rings. The Kier molecular flexibility index (Phi) is 4.22. The van der Waals surface area contributed by atoms with Crippen LogP contribution >= 0.6 is 11.3 Å².